The van der Waals surface area contributed by atoms with E-state index in [-0.39, 0.29) is 10.9 Å². The molecule has 2 aromatic carbocycles. The van der Waals surface area contributed by atoms with E-state index in [9.17, 15) is 18.0 Å². The topological polar surface area (TPSA) is 42.0 Å². The van der Waals surface area contributed by atoms with Gasteiger partial charge in [0.1, 0.15) is 0 Å². The summed E-state index contributed by atoms with van der Waals surface area (Å²) < 4.78 is 40.8. The zero-order valence-electron chi connectivity index (χ0n) is 13.0. The molecule has 0 aliphatic rings. The Kier molecular flexibility index (Phi) is 4.39. The van der Waals surface area contributed by atoms with Gasteiger partial charge in [0.2, 0.25) is 0 Å². The SMILES string of the molecule is Cc1c(Cl)cccc1NC(=O)c1cnc2ccccc2c1C(F)(F)F. The van der Waals surface area contributed by atoms with Crippen molar-refractivity contribution in [2.24, 2.45) is 0 Å². The number of aromatic nitrogens is 1. The third-order valence-corrected chi connectivity index (χ3v) is 4.23. The number of pyridine rings is 1. The number of amides is 1. The fourth-order valence-corrected chi connectivity index (χ4v) is 2.73. The fourth-order valence-electron chi connectivity index (χ4n) is 2.55. The van der Waals surface area contributed by atoms with Gasteiger partial charge in [-0.15, -0.1) is 0 Å². The third kappa shape index (κ3) is 3.30. The van der Waals surface area contributed by atoms with Crippen LogP contribution in [0.15, 0.2) is 48.7 Å². The summed E-state index contributed by atoms with van der Waals surface area (Å²) in [7, 11) is 0. The van der Waals surface area contributed by atoms with Crippen molar-refractivity contribution in [3.63, 3.8) is 0 Å². The normalized spacial score (nSPS) is 11.6. The molecule has 3 nitrogen and oxygen atoms in total. The van der Waals surface area contributed by atoms with E-state index in [0.717, 1.165) is 6.20 Å². The molecular formula is C18H12ClF3N2O. The van der Waals surface area contributed by atoms with Crippen LogP contribution in [-0.4, -0.2) is 10.9 Å². The molecule has 0 radical (unpaired) electrons. The zero-order chi connectivity index (χ0) is 18.2. The van der Waals surface area contributed by atoms with E-state index >= 15 is 0 Å². The van der Waals surface area contributed by atoms with Gasteiger partial charge in [0, 0.05) is 22.3 Å². The van der Waals surface area contributed by atoms with Crippen molar-refractivity contribution >= 4 is 34.1 Å². The molecule has 0 saturated carbocycles. The highest BCUT2D eigenvalue weighted by Crippen LogP contribution is 2.37. The zero-order valence-corrected chi connectivity index (χ0v) is 13.7. The predicted octanol–water partition coefficient (Wildman–Crippen LogP) is 5.47. The van der Waals surface area contributed by atoms with Gasteiger partial charge in [0.15, 0.2) is 0 Å². The maximum atomic E-state index is 13.6. The Morgan fingerprint density at radius 2 is 1.84 bits per heavy atom. The van der Waals surface area contributed by atoms with E-state index < -0.39 is 23.2 Å². The number of hydrogen-bond acceptors (Lipinski definition) is 2. The molecule has 1 heterocycles. The molecule has 0 atom stereocenters. The van der Waals surface area contributed by atoms with Crippen LogP contribution in [0, 0.1) is 6.92 Å². The number of carbonyl (C=O) groups excluding carboxylic acids is 1. The molecule has 128 valence electrons. The number of halogens is 4. The Hall–Kier alpha value is -2.60. The van der Waals surface area contributed by atoms with Crippen LogP contribution in [0.4, 0.5) is 18.9 Å². The summed E-state index contributed by atoms with van der Waals surface area (Å²) >= 11 is 5.98. The lowest BCUT2D eigenvalue weighted by Gasteiger charge is -2.16. The number of anilines is 1. The van der Waals surface area contributed by atoms with Crippen molar-refractivity contribution in [2.45, 2.75) is 13.1 Å². The van der Waals surface area contributed by atoms with Crippen LogP contribution >= 0.6 is 11.6 Å². The minimum Gasteiger partial charge on any atom is -0.322 e. The van der Waals surface area contributed by atoms with Gasteiger partial charge in [-0.2, -0.15) is 13.2 Å². The molecule has 0 aliphatic heterocycles. The standard InChI is InChI=1S/C18H12ClF3N2O/c1-10-13(19)6-4-8-14(10)24-17(25)12-9-23-15-7-3-2-5-11(15)16(12)18(20,21)22/h2-9H,1H3,(H,24,25). The molecule has 3 rings (SSSR count). The first-order valence-corrected chi connectivity index (χ1v) is 7.68. The molecule has 0 unspecified atom stereocenters. The molecule has 25 heavy (non-hydrogen) atoms. The van der Waals surface area contributed by atoms with Crippen LogP contribution in [0.25, 0.3) is 10.9 Å². The molecular weight excluding hydrogens is 353 g/mol. The number of para-hydroxylation sites is 1. The van der Waals surface area contributed by atoms with Crippen molar-refractivity contribution in [2.75, 3.05) is 5.32 Å². The molecule has 3 aromatic rings. The van der Waals surface area contributed by atoms with Crippen molar-refractivity contribution in [1.82, 2.24) is 4.98 Å². The summed E-state index contributed by atoms with van der Waals surface area (Å²) in [4.78, 5) is 16.5. The predicted molar refractivity (Wildman–Crippen MR) is 90.9 cm³/mol. The third-order valence-electron chi connectivity index (χ3n) is 3.82. The highest BCUT2D eigenvalue weighted by atomic mass is 35.5. The highest BCUT2D eigenvalue weighted by Gasteiger charge is 2.37. The van der Waals surface area contributed by atoms with Crippen molar-refractivity contribution in [3.8, 4) is 0 Å². The second kappa shape index (κ2) is 6.37. The quantitative estimate of drug-likeness (QED) is 0.655. The number of benzene rings is 2. The Balaban J connectivity index is 2.12. The summed E-state index contributed by atoms with van der Waals surface area (Å²) in [5.74, 6) is -0.893. The smallest absolute Gasteiger partial charge is 0.322 e. The summed E-state index contributed by atoms with van der Waals surface area (Å²) in [5, 5.41) is 2.77. The molecule has 0 saturated heterocycles. The van der Waals surface area contributed by atoms with Gasteiger partial charge >= 0.3 is 6.18 Å². The first kappa shape index (κ1) is 17.2. The monoisotopic (exact) mass is 364 g/mol. The van der Waals surface area contributed by atoms with Crippen molar-refractivity contribution < 1.29 is 18.0 Å². The number of nitrogens with one attached hydrogen (secondary N) is 1. The lowest BCUT2D eigenvalue weighted by atomic mass is 10.0. The molecule has 1 amide bonds. The van der Waals surface area contributed by atoms with Crippen LogP contribution < -0.4 is 5.32 Å². The van der Waals surface area contributed by atoms with E-state index in [0.29, 0.717) is 16.3 Å². The van der Waals surface area contributed by atoms with Gasteiger partial charge in [-0.25, -0.2) is 0 Å². The van der Waals surface area contributed by atoms with Crippen LogP contribution in [0.5, 0.6) is 0 Å². The molecule has 0 fully saturated rings. The van der Waals surface area contributed by atoms with Gasteiger partial charge in [-0.1, -0.05) is 35.9 Å². The minimum atomic E-state index is -4.70. The van der Waals surface area contributed by atoms with E-state index in [4.69, 9.17) is 11.6 Å². The molecule has 1 aromatic heterocycles. The number of carbonyl (C=O) groups is 1. The molecule has 0 bridgehead atoms. The molecule has 7 heteroatoms. The Morgan fingerprint density at radius 1 is 1.12 bits per heavy atom. The first-order valence-electron chi connectivity index (χ1n) is 7.30. The second-order valence-corrected chi connectivity index (χ2v) is 5.84. The van der Waals surface area contributed by atoms with E-state index in [2.05, 4.69) is 10.3 Å². The van der Waals surface area contributed by atoms with E-state index in [1.165, 1.54) is 18.2 Å². The number of hydrogen-bond donors (Lipinski definition) is 1. The van der Waals surface area contributed by atoms with E-state index in [1.807, 2.05) is 0 Å². The largest absolute Gasteiger partial charge is 0.417 e. The van der Waals surface area contributed by atoms with Crippen molar-refractivity contribution in [1.29, 1.82) is 0 Å². The Morgan fingerprint density at radius 3 is 2.56 bits per heavy atom. The summed E-state index contributed by atoms with van der Waals surface area (Å²) in [5.41, 5.74) is -0.454. The maximum Gasteiger partial charge on any atom is 0.417 e. The van der Waals surface area contributed by atoms with Gasteiger partial charge < -0.3 is 5.32 Å². The Bertz CT molecular complexity index is 970. The van der Waals surface area contributed by atoms with E-state index in [1.54, 1.807) is 31.2 Å². The summed E-state index contributed by atoms with van der Waals surface area (Å²) in [6.07, 6.45) is -3.75. The summed E-state index contributed by atoms with van der Waals surface area (Å²) in [6, 6.07) is 10.6. The van der Waals surface area contributed by atoms with Crippen LogP contribution in [0.3, 0.4) is 0 Å². The lowest BCUT2D eigenvalue weighted by Crippen LogP contribution is -2.20. The first-order chi connectivity index (χ1) is 11.8. The highest BCUT2D eigenvalue weighted by molar-refractivity contribution is 6.31. The number of fused-ring (bicyclic) bond motifs is 1. The minimum absolute atomic E-state index is 0.120. The maximum absolute atomic E-state index is 13.6. The van der Waals surface area contributed by atoms with Gasteiger partial charge in [-0.3, -0.25) is 9.78 Å². The van der Waals surface area contributed by atoms with Gasteiger partial charge in [0.05, 0.1) is 16.6 Å². The molecule has 0 spiro atoms. The average molecular weight is 365 g/mol. The van der Waals surface area contributed by atoms with Crippen LogP contribution in [0.1, 0.15) is 21.5 Å². The number of rotatable bonds is 2. The molecule has 1 N–H and O–H groups in total. The lowest BCUT2D eigenvalue weighted by molar-refractivity contribution is -0.136. The number of alkyl halides is 3. The average Bonchev–Trinajstić information content (AvgIpc) is 2.57. The Labute approximate surface area is 146 Å². The van der Waals surface area contributed by atoms with Gasteiger partial charge in [-0.05, 0) is 30.7 Å². The van der Waals surface area contributed by atoms with Gasteiger partial charge in [0.25, 0.3) is 5.91 Å². The summed E-state index contributed by atoms with van der Waals surface area (Å²) in [6.45, 7) is 1.67. The van der Waals surface area contributed by atoms with Crippen LogP contribution in [0.2, 0.25) is 5.02 Å². The number of nitrogens with zero attached hydrogens (tertiary/aromatic N) is 1. The fraction of sp³-hybridized carbons (Fsp3) is 0.111. The van der Waals surface area contributed by atoms with Crippen LogP contribution in [-0.2, 0) is 6.18 Å². The van der Waals surface area contributed by atoms with Crippen molar-refractivity contribution in [3.05, 3.63) is 70.4 Å². The molecule has 0 aliphatic carbocycles. The second-order valence-electron chi connectivity index (χ2n) is 5.43.